The van der Waals surface area contributed by atoms with Crippen molar-refractivity contribution in [1.82, 2.24) is 0 Å². The quantitative estimate of drug-likeness (QED) is 0.0304. The van der Waals surface area contributed by atoms with Gasteiger partial charge < -0.3 is 39.4 Å². The highest BCUT2D eigenvalue weighted by Crippen LogP contribution is 2.22. The molecular weight excluding hydrogens is 640 g/mol. The molecule has 4 N–H and O–H groups in total. The summed E-state index contributed by atoms with van der Waals surface area (Å²) in [4.78, 5) is 25.2. The molecule has 294 valence electrons. The van der Waals surface area contributed by atoms with Crippen LogP contribution in [0.25, 0.3) is 0 Å². The molecule has 0 aromatic carbocycles. The average Bonchev–Trinajstić information content (AvgIpc) is 3.11. The minimum atomic E-state index is -1.59. The molecule has 6 atom stereocenters. The van der Waals surface area contributed by atoms with E-state index in [1.54, 1.807) is 0 Å². The number of unbranched alkanes of at least 4 members (excludes halogenated alkanes) is 20. The van der Waals surface area contributed by atoms with Gasteiger partial charge >= 0.3 is 11.9 Å². The fourth-order valence-corrected chi connectivity index (χ4v) is 6.13. The lowest BCUT2D eigenvalue weighted by atomic mass is 9.99. The summed E-state index contributed by atoms with van der Waals surface area (Å²) in [6.45, 7) is 3.35. The molecule has 0 aliphatic carbocycles. The Morgan fingerprint density at radius 1 is 0.600 bits per heavy atom. The van der Waals surface area contributed by atoms with Crippen LogP contribution in [0.5, 0.6) is 0 Å². The largest absolute Gasteiger partial charge is 0.462 e. The van der Waals surface area contributed by atoms with E-state index in [2.05, 4.69) is 26.0 Å². The van der Waals surface area contributed by atoms with E-state index in [0.717, 1.165) is 64.2 Å². The van der Waals surface area contributed by atoms with Gasteiger partial charge in [0.15, 0.2) is 12.4 Å². The van der Waals surface area contributed by atoms with Gasteiger partial charge in [0.25, 0.3) is 0 Å². The van der Waals surface area contributed by atoms with Gasteiger partial charge in [0.2, 0.25) is 0 Å². The average molecular weight is 715 g/mol. The summed E-state index contributed by atoms with van der Waals surface area (Å²) < 4.78 is 22.0. The van der Waals surface area contributed by atoms with Crippen molar-refractivity contribution in [3.05, 3.63) is 12.2 Å². The topological polar surface area (TPSA) is 152 Å². The minimum Gasteiger partial charge on any atom is -0.462 e. The third kappa shape index (κ3) is 23.8. The highest BCUT2D eigenvalue weighted by Gasteiger charge is 2.44. The lowest BCUT2D eigenvalue weighted by molar-refractivity contribution is -0.305. The van der Waals surface area contributed by atoms with Gasteiger partial charge in [0.05, 0.1) is 13.2 Å². The van der Waals surface area contributed by atoms with E-state index in [1.165, 1.54) is 77.0 Å². The van der Waals surface area contributed by atoms with Crippen molar-refractivity contribution < 1.29 is 49.0 Å². The first-order chi connectivity index (χ1) is 24.3. The van der Waals surface area contributed by atoms with E-state index in [-0.39, 0.29) is 32.0 Å². The smallest absolute Gasteiger partial charge is 0.306 e. The lowest BCUT2D eigenvalue weighted by Crippen LogP contribution is -2.59. The zero-order valence-corrected chi connectivity index (χ0v) is 31.7. The van der Waals surface area contributed by atoms with Crippen molar-refractivity contribution in [3.8, 4) is 0 Å². The van der Waals surface area contributed by atoms with Crippen molar-refractivity contribution >= 4 is 11.9 Å². The highest BCUT2D eigenvalue weighted by atomic mass is 16.7. The maximum Gasteiger partial charge on any atom is 0.306 e. The Morgan fingerprint density at radius 3 is 1.64 bits per heavy atom. The number of aliphatic hydroxyl groups excluding tert-OH is 4. The molecule has 10 nitrogen and oxygen atoms in total. The summed E-state index contributed by atoms with van der Waals surface area (Å²) in [7, 11) is 0. The maximum absolute atomic E-state index is 12.7. The van der Waals surface area contributed by atoms with E-state index in [1.807, 2.05) is 0 Å². The van der Waals surface area contributed by atoms with Crippen LogP contribution in [0.4, 0.5) is 0 Å². The number of esters is 2. The number of allylic oxidation sites excluding steroid dienone is 2. The second-order valence-electron chi connectivity index (χ2n) is 14.1. The Morgan fingerprint density at radius 2 is 1.10 bits per heavy atom. The molecular formula is C40H74O10. The Kier molecular flexibility index (Phi) is 29.8. The summed E-state index contributed by atoms with van der Waals surface area (Å²) in [6, 6.07) is 0. The van der Waals surface area contributed by atoms with E-state index < -0.39 is 49.4 Å². The molecule has 1 rings (SSSR count). The van der Waals surface area contributed by atoms with Gasteiger partial charge in [-0.1, -0.05) is 142 Å². The fraction of sp³-hybridized carbons (Fsp3) is 0.900. The summed E-state index contributed by atoms with van der Waals surface area (Å²) in [5, 5.41) is 39.9. The summed E-state index contributed by atoms with van der Waals surface area (Å²) in [6.07, 6.45) is 23.7. The molecule has 10 heteroatoms. The molecule has 1 fully saturated rings. The number of ether oxygens (including phenoxy) is 4. The molecule has 1 aliphatic rings. The minimum absolute atomic E-state index is 0.216. The van der Waals surface area contributed by atoms with Gasteiger partial charge in [-0.15, -0.1) is 0 Å². The zero-order chi connectivity index (χ0) is 36.7. The van der Waals surface area contributed by atoms with Crippen LogP contribution in [-0.2, 0) is 28.5 Å². The number of carbonyl (C=O) groups excluding carboxylic acids is 2. The van der Waals surface area contributed by atoms with E-state index >= 15 is 0 Å². The van der Waals surface area contributed by atoms with Crippen LogP contribution in [-0.4, -0.2) is 89.0 Å². The van der Waals surface area contributed by atoms with Gasteiger partial charge in [0.1, 0.15) is 31.0 Å². The van der Waals surface area contributed by atoms with Crippen molar-refractivity contribution in [2.24, 2.45) is 0 Å². The van der Waals surface area contributed by atoms with Crippen molar-refractivity contribution in [2.45, 2.75) is 211 Å². The third-order valence-corrected chi connectivity index (χ3v) is 9.38. The molecule has 50 heavy (non-hydrogen) atoms. The second-order valence-corrected chi connectivity index (χ2v) is 14.1. The Bertz CT molecular complexity index is 835. The second kappa shape index (κ2) is 32.1. The number of carbonyl (C=O) groups is 2. The Labute approximate surface area is 303 Å². The normalized spacial score (nSPS) is 21.4. The van der Waals surface area contributed by atoms with Crippen molar-refractivity contribution in [2.75, 3.05) is 19.8 Å². The van der Waals surface area contributed by atoms with E-state index in [4.69, 9.17) is 18.9 Å². The van der Waals surface area contributed by atoms with Gasteiger partial charge in [0, 0.05) is 12.8 Å². The lowest BCUT2D eigenvalue weighted by Gasteiger charge is -2.39. The van der Waals surface area contributed by atoms with Crippen LogP contribution in [0.15, 0.2) is 12.2 Å². The Hall–Kier alpha value is -1.56. The number of hydrogen-bond acceptors (Lipinski definition) is 10. The van der Waals surface area contributed by atoms with Crippen molar-refractivity contribution in [1.29, 1.82) is 0 Å². The molecule has 0 radical (unpaired) electrons. The van der Waals surface area contributed by atoms with Crippen LogP contribution in [0, 0.1) is 0 Å². The maximum atomic E-state index is 12.7. The molecule has 0 aromatic heterocycles. The summed E-state index contributed by atoms with van der Waals surface area (Å²) >= 11 is 0. The Balaban J connectivity index is 2.35. The molecule has 1 aliphatic heterocycles. The van der Waals surface area contributed by atoms with E-state index in [9.17, 15) is 30.0 Å². The molecule has 6 unspecified atom stereocenters. The highest BCUT2D eigenvalue weighted by molar-refractivity contribution is 5.70. The van der Waals surface area contributed by atoms with Crippen LogP contribution < -0.4 is 0 Å². The first-order valence-corrected chi connectivity index (χ1v) is 20.3. The van der Waals surface area contributed by atoms with Crippen molar-refractivity contribution in [3.63, 3.8) is 0 Å². The first-order valence-electron chi connectivity index (χ1n) is 20.3. The monoisotopic (exact) mass is 715 g/mol. The van der Waals surface area contributed by atoms with Gasteiger partial charge in [-0.05, 0) is 32.1 Å². The third-order valence-electron chi connectivity index (χ3n) is 9.38. The first kappa shape index (κ1) is 46.5. The van der Waals surface area contributed by atoms with Crippen LogP contribution in [0.2, 0.25) is 0 Å². The zero-order valence-electron chi connectivity index (χ0n) is 31.7. The predicted octanol–water partition coefficient (Wildman–Crippen LogP) is 7.61. The number of aliphatic hydroxyl groups is 4. The summed E-state index contributed by atoms with van der Waals surface area (Å²) in [5.74, 6) is -0.813. The van der Waals surface area contributed by atoms with Gasteiger partial charge in [-0.2, -0.15) is 0 Å². The van der Waals surface area contributed by atoms with Gasteiger partial charge in [-0.3, -0.25) is 9.59 Å². The standard InChI is InChI=1S/C40H74O10/c1-3-5-7-9-11-13-15-16-17-18-19-21-22-24-26-28-35(42)47-31-33(32-48-40-39(46)38(45)37(44)34(30-41)50-40)49-36(43)29-27-25-23-20-14-12-10-8-6-4-2/h8,10,33-34,37-41,44-46H,3-7,9,11-32H2,1-2H3/b10-8-. The summed E-state index contributed by atoms with van der Waals surface area (Å²) in [5.41, 5.74) is 0. The van der Waals surface area contributed by atoms with Crippen LogP contribution in [0.3, 0.4) is 0 Å². The van der Waals surface area contributed by atoms with Crippen LogP contribution >= 0.6 is 0 Å². The molecule has 0 aromatic rings. The molecule has 0 amide bonds. The predicted molar refractivity (Wildman–Crippen MR) is 196 cm³/mol. The molecule has 0 spiro atoms. The number of hydrogen-bond donors (Lipinski definition) is 4. The SMILES string of the molecule is CCC/C=C\CCCCCCCC(=O)OC(COC(=O)CCCCCCCCCCCCCCCCC)COC1OC(CO)C(O)C(O)C1O. The van der Waals surface area contributed by atoms with E-state index in [0.29, 0.717) is 6.42 Å². The van der Waals surface area contributed by atoms with Gasteiger partial charge in [-0.25, -0.2) is 0 Å². The fourth-order valence-electron chi connectivity index (χ4n) is 6.13. The molecule has 0 bridgehead atoms. The molecule has 1 saturated heterocycles. The molecule has 0 saturated carbocycles. The molecule has 1 heterocycles. The number of rotatable bonds is 33. The van der Waals surface area contributed by atoms with Crippen LogP contribution in [0.1, 0.15) is 174 Å².